The second-order valence-corrected chi connectivity index (χ2v) is 5.19. The van der Waals surface area contributed by atoms with E-state index in [4.69, 9.17) is 5.26 Å². The van der Waals surface area contributed by atoms with E-state index in [0.717, 1.165) is 6.54 Å². The van der Waals surface area contributed by atoms with Crippen LogP contribution in [-0.2, 0) is 4.79 Å². The maximum absolute atomic E-state index is 11.8. The smallest absolute Gasteiger partial charge is 0.235 e. The standard InChI is InChI=1S/C12H21N3O2/c1-9(2)12(3,8-13)14-11(17)7-15-5-4-10(16)6-15/h9-10,16H,4-7H2,1-3H3,(H,14,17). The van der Waals surface area contributed by atoms with Gasteiger partial charge >= 0.3 is 0 Å². The van der Waals surface area contributed by atoms with Gasteiger partial charge in [-0.2, -0.15) is 5.26 Å². The first kappa shape index (κ1) is 13.9. The summed E-state index contributed by atoms with van der Waals surface area (Å²) in [6.07, 6.45) is 0.391. The molecule has 96 valence electrons. The number of aliphatic hydroxyl groups is 1. The van der Waals surface area contributed by atoms with Gasteiger partial charge in [0, 0.05) is 13.1 Å². The van der Waals surface area contributed by atoms with E-state index in [2.05, 4.69) is 11.4 Å². The van der Waals surface area contributed by atoms with E-state index in [1.54, 1.807) is 6.92 Å². The van der Waals surface area contributed by atoms with Crippen molar-refractivity contribution in [1.29, 1.82) is 5.26 Å². The van der Waals surface area contributed by atoms with Crippen molar-refractivity contribution < 1.29 is 9.90 Å². The first-order chi connectivity index (χ1) is 7.87. The van der Waals surface area contributed by atoms with Crippen LogP contribution in [0.3, 0.4) is 0 Å². The van der Waals surface area contributed by atoms with Crippen LogP contribution in [0.1, 0.15) is 27.2 Å². The maximum Gasteiger partial charge on any atom is 0.235 e. The Bertz CT molecular complexity index is 324. The Kier molecular flexibility index (Phi) is 4.49. The van der Waals surface area contributed by atoms with Crippen molar-refractivity contribution in [3.05, 3.63) is 0 Å². The lowest BCUT2D eigenvalue weighted by Gasteiger charge is -2.28. The van der Waals surface area contributed by atoms with Gasteiger partial charge in [-0.25, -0.2) is 0 Å². The summed E-state index contributed by atoms with van der Waals surface area (Å²) >= 11 is 0. The van der Waals surface area contributed by atoms with E-state index < -0.39 is 5.54 Å². The molecule has 0 aromatic rings. The van der Waals surface area contributed by atoms with E-state index in [9.17, 15) is 9.90 Å². The Hall–Kier alpha value is -1.12. The minimum absolute atomic E-state index is 0.0561. The third-order valence-electron chi connectivity index (χ3n) is 3.40. The highest BCUT2D eigenvalue weighted by Gasteiger charge is 2.31. The number of carbonyl (C=O) groups is 1. The van der Waals surface area contributed by atoms with Crippen molar-refractivity contribution in [3.63, 3.8) is 0 Å². The number of nitrogens with zero attached hydrogens (tertiary/aromatic N) is 2. The van der Waals surface area contributed by atoms with Gasteiger partial charge in [-0.15, -0.1) is 0 Å². The molecule has 1 aliphatic heterocycles. The monoisotopic (exact) mass is 239 g/mol. The molecule has 1 fully saturated rings. The molecule has 0 aromatic heterocycles. The fourth-order valence-electron chi connectivity index (χ4n) is 1.79. The van der Waals surface area contributed by atoms with Crippen LogP contribution < -0.4 is 5.32 Å². The minimum atomic E-state index is -0.824. The summed E-state index contributed by atoms with van der Waals surface area (Å²) in [7, 11) is 0. The fourth-order valence-corrected chi connectivity index (χ4v) is 1.79. The van der Waals surface area contributed by atoms with Crippen molar-refractivity contribution >= 4 is 5.91 Å². The number of nitrogens with one attached hydrogen (secondary N) is 1. The van der Waals surface area contributed by atoms with Crippen molar-refractivity contribution in [3.8, 4) is 6.07 Å². The maximum atomic E-state index is 11.8. The molecular formula is C12H21N3O2. The molecule has 2 atom stereocenters. The number of β-amino-alcohol motifs (C(OH)–C–C–N with tert-alkyl or cyclic N) is 1. The molecule has 0 bridgehead atoms. The lowest BCUT2D eigenvalue weighted by atomic mass is 9.90. The number of rotatable bonds is 4. The van der Waals surface area contributed by atoms with Gasteiger partial charge in [-0.05, 0) is 19.3 Å². The average molecular weight is 239 g/mol. The quantitative estimate of drug-likeness (QED) is 0.730. The molecular weight excluding hydrogens is 218 g/mol. The lowest BCUT2D eigenvalue weighted by Crippen LogP contribution is -2.51. The van der Waals surface area contributed by atoms with Crippen LogP contribution in [0.15, 0.2) is 0 Å². The number of amides is 1. The molecule has 17 heavy (non-hydrogen) atoms. The van der Waals surface area contributed by atoms with Crippen LogP contribution in [0.4, 0.5) is 0 Å². The zero-order valence-corrected chi connectivity index (χ0v) is 10.7. The van der Waals surface area contributed by atoms with E-state index in [1.165, 1.54) is 0 Å². The Morgan fingerprint density at radius 2 is 2.35 bits per heavy atom. The normalized spacial score (nSPS) is 24.4. The Morgan fingerprint density at radius 1 is 1.71 bits per heavy atom. The third-order valence-corrected chi connectivity index (χ3v) is 3.40. The van der Waals surface area contributed by atoms with Crippen LogP contribution in [0, 0.1) is 17.2 Å². The zero-order valence-electron chi connectivity index (χ0n) is 10.7. The molecule has 0 radical (unpaired) electrons. The Morgan fingerprint density at radius 3 is 2.76 bits per heavy atom. The number of carbonyl (C=O) groups excluding carboxylic acids is 1. The van der Waals surface area contributed by atoms with Gasteiger partial charge in [0.2, 0.25) is 5.91 Å². The number of nitriles is 1. The Balaban J connectivity index is 2.47. The second-order valence-electron chi connectivity index (χ2n) is 5.19. The summed E-state index contributed by atoms with van der Waals surface area (Å²) in [6.45, 7) is 7.07. The summed E-state index contributed by atoms with van der Waals surface area (Å²) in [5, 5.41) is 21.2. The number of hydrogen-bond acceptors (Lipinski definition) is 4. The molecule has 1 heterocycles. The molecule has 0 saturated carbocycles. The van der Waals surface area contributed by atoms with Crippen LogP contribution in [0.2, 0.25) is 0 Å². The van der Waals surface area contributed by atoms with Gasteiger partial charge in [0.1, 0.15) is 5.54 Å². The van der Waals surface area contributed by atoms with Crippen LogP contribution in [0.25, 0.3) is 0 Å². The summed E-state index contributed by atoms with van der Waals surface area (Å²) < 4.78 is 0. The lowest BCUT2D eigenvalue weighted by molar-refractivity contribution is -0.123. The number of likely N-dealkylation sites (tertiary alicyclic amines) is 1. The summed E-state index contributed by atoms with van der Waals surface area (Å²) in [4.78, 5) is 13.7. The van der Waals surface area contributed by atoms with Crippen LogP contribution >= 0.6 is 0 Å². The predicted octanol–water partition coefficient (Wildman–Crippen LogP) is 0.107. The first-order valence-corrected chi connectivity index (χ1v) is 6.00. The van der Waals surface area contributed by atoms with E-state index in [1.807, 2.05) is 18.7 Å². The SMILES string of the molecule is CC(C)C(C)(C#N)NC(=O)CN1CCC(O)C1. The van der Waals surface area contributed by atoms with E-state index in [-0.39, 0.29) is 24.5 Å². The molecule has 1 amide bonds. The van der Waals surface area contributed by atoms with Crippen LogP contribution in [0.5, 0.6) is 0 Å². The van der Waals surface area contributed by atoms with Gasteiger partial charge < -0.3 is 10.4 Å². The largest absolute Gasteiger partial charge is 0.392 e. The highest BCUT2D eigenvalue weighted by Crippen LogP contribution is 2.15. The van der Waals surface area contributed by atoms with Gasteiger partial charge in [0.15, 0.2) is 0 Å². The van der Waals surface area contributed by atoms with Gasteiger partial charge in [-0.3, -0.25) is 9.69 Å². The fraction of sp³-hybridized carbons (Fsp3) is 0.833. The second kappa shape index (κ2) is 5.48. The molecule has 0 aliphatic carbocycles. The molecule has 0 spiro atoms. The molecule has 2 unspecified atom stereocenters. The third kappa shape index (κ3) is 3.69. The summed E-state index contributed by atoms with van der Waals surface area (Å²) in [5.41, 5.74) is -0.824. The van der Waals surface area contributed by atoms with Gasteiger partial charge in [0.05, 0.1) is 18.7 Å². The first-order valence-electron chi connectivity index (χ1n) is 6.00. The van der Waals surface area contributed by atoms with E-state index >= 15 is 0 Å². The zero-order chi connectivity index (χ0) is 13.1. The van der Waals surface area contributed by atoms with Crippen molar-refractivity contribution in [2.45, 2.75) is 38.8 Å². The van der Waals surface area contributed by atoms with Crippen LogP contribution in [-0.4, -0.2) is 47.2 Å². The summed E-state index contributed by atoms with van der Waals surface area (Å²) in [5.74, 6) is -0.0996. The molecule has 1 saturated heterocycles. The van der Waals surface area contributed by atoms with Gasteiger partial charge in [0.25, 0.3) is 0 Å². The molecule has 1 rings (SSSR count). The molecule has 1 aliphatic rings. The molecule has 5 heteroatoms. The number of hydrogen-bond donors (Lipinski definition) is 2. The molecule has 0 aromatic carbocycles. The topological polar surface area (TPSA) is 76.4 Å². The molecule has 2 N–H and O–H groups in total. The molecule has 5 nitrogen and oxygen atoms in total. The van der Waals surface area contributed by atoms with Crippen molar-refractivity contribution in [2.24, 2.45) is 5.92 Å². The van der Waals surface area contributed by atoms with Crippen molar-refractivity contribution in [2.75, 3.05) is 19.6 Å². The average Bonchev–Trinajstić information content (AvgIpc) is 2.63. The van der Waals surface area contributed by atoms with Gasteiger partial charge in [-0.1, -0.05) is 13.8 Å². The van der Waals surface area contributed by atoms with Crippen molar-refractivity contribution in [1.82, 2.24) is 10.2 Å². The predicted molar refractivity (Wildman–Crippen MR) is 64.1 cm³/mol. The highest BCUT2D eigenvalue weighted by atomic mass is 16.3. The summed E-state index contributed by atoms with van der Waals surface area (Å²) in [6, 6.07) is 2.14. The highest BCUT2D eigenvalue weighted by molar-refractivity contribution is 5.79. The minimum Gasteiger partial charge on any atom is -0.392 e. The van der Waals surface area contributed by atoms with E-state index in [0.29, 0.717) is 13.0 Å². The number of aliphatic hydroxyl groups excluding tert-OH is 1. The Labute approximate surface area is 102 Å².